The van der Waals surface area contributed by atoms with Gasteiger partial charge >= 0.3 is 0 Å². The highest BCUT2D eigenvalue weighted by molar-refractivity contribution is 9.10. The molecule has 0 unspecified atom stereocenters. The zero-order valence-corrected chi connectivity index (χ0v) is 21.6. The third-order valence-corrected chi connectivity index (χ3v) is 6.98. The van der Waals surface area contributed by atoms with E-state index in [2.05, 4.69) is 21.2 Å². The second kappa shape index (κ2) is 11.2. The van der Waals surface area contributed by atoms with Crippen LogP contribution in [-0.4, -0.2) is 50.5 Å². The Morgan fingerprint density at radius 3 is 2.31 bits per heavy atom. The average Bonchev–Trinajstić information content (AvgIpc) is 2.72. The van der Waals surface area contributed by atoms with Gasteiger partial charge in [0, 0.05) is 22.6 Å². The van der Waals surface area contributed by atoms with Gasteiger partial charge < -0.3 is 10.2 Å². The summed E-state index contributed by atoms with van der Waals surface area (Å²) in [5.74, 6) is -0.823. The van der Waals surface area contributed by atoms with E-state index in [9.17, 15) is 18.0 Å². The van der Waals surface area contributed by atoms with E-state index in [4.69, 9.17) is 11.6 Å². The van der Waals surface area contributed by atoms with Crippen LogP contribution in [0.2, 0.25) is 5.02 Å². The van der Waals surface area contributed by atoms with E-state index in [1.807, 2.05) is 24.3 Å². The Morgan fingerprint density at radius 1 is 1.16 bits per heavy atom. The minimum absolute atomic E-state index is 0.149. The van der Waals surface area contributed by atoms with Crippen LogP contribution in [0.1, 0.15) is 25.0 Å². The maximum atomic E-state index is 13.3. The van der Waals surface area contributed by atoms with E-state index in [-0.39, 0.29) is 18.1 Å². The van der Waals surface area contributed by atoms with Crippen molar-refractivity contribution in [1.82, 2.24) is 10.2 Å². The van der Waals surface area contributed by atoms with E-state index >= 15 is 0 Å². The Kier molecular flexibility index (Phi) is 9.12. The summed E-state index contributed by atoms with van der Waals surface area (Å²) in [7, 11) is -3.79. The lowest BCUT2D eigenvalue weighted by Crippen LogP contribution is -2.51. The van der Waals surface area contributed by atoms with Crippen molar-refractivity contribution in [3.05, 3.63) is 63.1 Å². The number of hydrogen-bond acceptors (Lipinski definition) is 4. The number of nitrogens with zero attached hydrogens (tertiary/aromatic N) is 2. The molecule has 0 fully saturated rings. The summed E-state index contributed by atoms with van der Waals surface area (Å²) in [4.78, 5) is 27.2. The maximum Gasteiger partial charge on any atom is 0.244 e. The first-order valence-electron chi connectivity index (χ1n) is 9.99. The first-order valence-corrected chi connectivity index (χ1v) is 13.0. The first-order chi connectivity index (χ1) is 14.9. The summed E-state index contributed by atoms with van der Waals surface area (Å²) in [6.45, 7) is 5.32. The Hall–Kier alpha value is -2.10. The van der Waals surface area contributed by atoms with Crippen LogP contribution >= 0.6 is 27.5 Å². The van der Waals surface area contributed by atoms with Crippen molar-refractivity contribution in [3.8, 4) is 0 Å². The molecule has 0 saturated carbocycles. The fourth-order valence-electron chi connectivity index (χ4n) is 3.04. The van der Waals surface area contributed by atoms with E-state index in [1.165, 1.54) is 11.0 Å². The normalized spacial score (nSPS) is 12.2. The first kappa shape index (κ1) is 26.2. The lowest BCUT2D eigenvalue weighted by Gasteiger charge is -2.31. The lowest BCUT2D eigenvalue weighted by molar-refractivity contribution is -0.139. The number of nitrogens with one attached hydrogen (secondary N) is 1. The molecule has 0 aliphatic rings. The number of benzene rings is 2. The molecule has 0 saturated heterocycles. The number of likely N-dealkylation sites (N-methyl/N-ethyl adjacent to an activating group) is 1. The summed E-state index contributed by atoms with van der Waals surface area (Å²) in [5, 5.41) is 3.11. The highest BCUT2D eigenvalue weighted by atomic mass is 79.9. The fourth-order valence-corrected chi connectivity index (χ4v) is 4.32. The predicted octanol–water partition coefficient (Wildman–Crippen LogP) is 3.73. The molecule has 7 nitrogen and oxygen atoms in total. The summed E-state index contributed by atoms with van der Waals surface area (Å²) in [5.41, 5.74) is 1.88. The molecule has 0 heterocycles. The smallest absolute Gasteiger partial charge is 0.244 e. The third kappa shape index (κ3) is 6.95. The van der Waals surface area contributed by atoms with Crippen molar-refractivity contribution < 1.29 is 18.0 Å². The van der Waals surface area contributed by atoms with Gasteiger partial charge in [0.25, 0.3) is 0 Å². The number of hydrogen-bond donors (Lipinski definition) is 1. The van der Waals surface area contributed by atoms with Gasteiger partial charge in [-0.1, -0.05) is 45.7 Å². The molecule has 10 heteroatoms. The molecular formula is C22H27BrClN3O4S. The molecule has 2 aromatic rings. The van der Waals surface area contributed by atoms with Crippen molar-refractivity contribution in [2.45, 2.75) is 33.4 Å². The van der Waals surface area contributed by atoms with E-state index in [1.54, 1.807) is 32.9 Å². The summed E-state index contributed by atoms with van der Waals surface area (Å²) < 4.78 is 26.9. The van der Waals surface area contributed by atoms with E-state index in [0.717, 1.165) is 26.2 Å². The molecule has 2 amide bonds. The zero-order chi connectivity index (χ0) is 24.1. The van der Waals surface area contributed by atoms with E-state index < -0.39 is 28.5 Å². The van der Waals surface area contributed by atoms with Crippen molar-refractivity contribution >= 4 is 55.1 Å². The van der Waals surface area contributed by atoms with Crippen LogP contribution in [0.25, 0.3) is 0 Å². The Labute approximate surface area is 202 Å². The lowest BCUT2D eigenvalue weighted by atomic mass is 10.1. The van der Waals surface area contributed by atoms with Crippen LogP contribution in [0.4, 0.5) is 5.69 Å². The van der Waals surface area contributed by atoms with Crippen molar-refractivity contribution in [1.29, 1.82) is 0 Å². The van der Waals surface area contributed by atoms with Crippen LogP contribution in [0.5, 0.6) is 0 Å². The number of halogens is 2. The SMILES string of the molecule is CCNC(=O)[C@H](C)N(Cc1ccc(Br)cc1)C(=O)CN(c1ccc(C)c(Cl)c1)S(C)(=O)=O. The van der Waals surface area contributed by atoms with Crippen molar-refractivity contribution in [2.24, 2.45) is 0 Å². The standard InChI is InChI=1S/C22H27BrClN3O4S/c1-5-25-22(29)16(3)26(13-17-7-9-18(23)10-8-17)21(28)14-27(32(4,30)31)19-11-6-15(2)20(24)12-19/h6-12,16H,5,13-14H2,1-4H3,(H,25,29)/t16-/m0/s1. The summed E-state index contributed by atoms with van der Waals surface area (Å²) in [6.07, 6.45) is 1.03. The predicted molar refractivity (Wildman–Crippen MR) is 131 cm³/mol. The van der Waals surface area contributed by atoms with Gasteiger partial charge in [-0.05, 0) is 56.2 Å². The minimum atomic E-state index is -3.79. The number of aryl methyl sites for hydroxylation is 1. The van der Waals surface area contributed by atoms with Gasteiger partial charge in [0.1, 0.15) is 12.6 Å². The van der Waals surface area contributed by atoms with Gasteiger partial charge in [-0.25, -0.2) is 8.42 Å². The Bertz CT molecular complexity index is 1080. The number of anilines is 1. The number of sulfonamides is 1. The molecule has 0 spiro atoms. The molecule has 0 aromatic heterocycles. The fraction of sp³-hybridized carbons (Fsp3) is 0.364. The Balaban J connectivity index is 2.39. The van der Waals surface area contributed by atoms with Gasteiger partial charge in [0.15, 0.2) is 0 Å². The monoisotopic (exact) mass is 543 g/mol. The quantitative estimate of drug-likeness (QED) is 0.521. The Morgan fingerprint density at radius 2 is 1.78 bits per heavy atom. The largest absolute Gasteiger partial charge is 0.355 e. The van der Waals surface area contributed by atoms with Gasteiger partial charge in [-0.15, -0.1) is 0 Å². The second-order valence-corrected chi connectivity index (χ2v) is 10.7. The highest BCUT2D eigenvalue weighted by Crippen LogP contribution is 2.25. The van der Waals surface area contributed by atoms with E-state index in [0.29, 0.717) is 11.6 Å². The average molecular weight is 545 g/mol. The van der Waals surface area contributed by atoms with Gasteiger partial charge in [0.05, 0.1) is 11.9 Å². The molecule has 0 aliphatic heterocycles. The molecule has 1 N–H and O–H groups in total. The molecular weight excluding hydrogens is 518 g/mol. The minimum Gasteiger partial charge on any atom is -0.355 e. The van der Waals surface area contributed by atoms with Crippen LogP contribution in [0, 0.1) is 6.92 Å². The molecule has 2 rings (SSSR count). The second-order valence-electron chi connectivity index (χ2n) is 7.42. The number of rotatable bonds is 9. The maximum absolute atomic E-state index is 13.3. The molecule has 1 atom stereocenters. The molecule has 0 aliphatic carbocycles. The van der Waals surface area contributed by atoms with Crippen LogP contribution < -0.4 is 9.62 Å². The third-order valence-electron chi connectivity index (χ3n) is 4.91. The highest BCUT2D eigenvalue weighted by Gasteiger charge is 2.30. The molecule has 2 aromatic carbocycles. The molecule has 0 radical (unpaired) electrons. The van der Waals surface area contributed by atoms with Crippen molar-refractivity contribution in [2.75, 3.05) is 23.7 Å². The number of amides is 2. The van der Waals surface area contributed by atoms with Gasteiger partial charge in [-0.3, -0.25) is 13.9 Å². The van der Waals surface area contributed by atoms with Gasteiger partial charge in [0.2, 0.25) is 21.8 Å². The number of carbonyl (C=O) groups excluding carboxylic acids is 2. The van der Waals surface area contributed by atoms with Gasteiger partial charge in [-0.2, -0.15) is 0 Å². The number of carbonyl (C=O) groups is 2. The summed E-state index contributed by atoms with van der Waals surface area (Å²) >= 11 is 9.56. The van der Waals surface area contributed by atoms with Crippen molar-refractivity contribution in [3.63, 3.8) is 0 Å². The van der Waals surface area contributed by atoms with Crippen LogP contribution in [0.15, 0.2) is 46.9 Å². The van der Waals surface area contributed by atoms with Crippen LogP contribution in [0.3, 0.4) is 0 Å². The molecule has 174 valence electrons. The molecule has 0 bridgehead atoms. The zero-order valence-electron chi connectivity index (χ0n) is 18.4. The molecule has 32 heavy (non-hydrogen) atoms. The summed E-state index contributed by atoms with van der Waals surface area (Å²) in [6, 6.07) is 11.4. The van der Waals surface area contributed by atoms with Crippen LogP contribution in [-0.2, 0) is 26.2 Å². The topological polar surface area (TPSA) is 86.8 Å².